The van der Waals surface area contributed by atoms with E-state index in [1.807, 2.05) is 0 Å². The predicted octanol–water partition coefficient (Wildman–Crippen LogP) is 3.94. The smallest absolute Gasteiger partial charge is 0.251 e. The van der Waals surface area contributed by atoms with Crippen LogP contribution in [-0.4, -0.2) is 18.4 Å². The Morgan fingerprint density at radius 3 is 2.03 bits per heavy atom. The van der Waals surface area contributed by atoms with Gasteiger partial charge in [-0.25, -0.2) is 13.2 Å². The third kappa shape index (κ3) is 5.84. The van der Waals surface area contributed by atoms with Crippen molar-refractivity contribution >= 4 is 11.8 Å². The second-order valence-corrected chi connectivity index (χ2v) is 6.29. The molecule has 0 aliphatic rings. The topological polar surface area (TPSA) is 67.4 Å². The fourth-order valence-electron chi connectivity index (χ4n) is 2.48. The highest BCUT2D eigenvalue weighted by Crippen LogP contribution is 2.21. The number of hydrogen-bond acceptors (Lipinski definition) is 3. The standard InChI is InChI=1S/C22H17F3N2O3/c23-16-4-8-18(9-5-16)30-17-6-1-14(2-7-17)12-26-21(28)13-27-22(29)15-3-10-19(24)20(25)11-15/h1-11H,12-13H2,(H,26,28)(H,27,29). The van der Waals surface area contributed by atoms with Crippen molar-refractivity contribution in [2.24, 2.45) is 0 Å². The Kier molecular flexibility index (Phi) is 6.69. The highest BCUT2D eigenvalue weighted by Gasteiger charge is 2.11. The molecule has 0 radical (unpaired) electrons. The third-order valence-corrected chi connectivity index (χ3v) is 4.05. The summed E-state index contributed by atoms with van der Waals surface area (Å²) in [6.07, 6.45) is 0. The van der Waals surface area contributed by atoms with Gasteiger partial charge in [0.15, 0.2) is 11.6 Å². The molecule has 0 bridgehead atoms. The van der Waals surface area contributed by atoms with Crippen LogP contribution in [-0.2, 0) is 11.3 Å². The summed E-state index contributed by atoms with van der Waals surface area (Å²) in [6, 6.07) is 15.3. The van der Waals surface area contributed by atoms with Gasteiger partial charge in [0.05, 0.1) is 6.54 Å². The Balaban J connectivity index is 1.44. The minimum Gasteiger partial charge on any atom is -0.457 e. The maximum atomic E-state index is 13.2. The van der Waals surface area contributed by atoms with E-state index in [0.717, 1.165) is 23.8 Å². The molecule has 0 heterocycles. The Hall–Kier alpha value is -3.81. The molecule has 0 saturated heterocycles. The summed E-state index contributed by atoms with van der Waals surface area (Å²) in [4.78, 5) is 23.8. The maximum Gasteiger partial charge on any atom is 0.251 e. The predicted molar refractivity (Wildman–Crippen MR) is 103 cm³/mol. The normalized spacial score (nSPS) is 10.4. The van der Waals surface area contributed by atoms with Gasteiger partial charge in [-0.2, -0.15) is 0 Å². The molecule has 0 aliphatic heterocycles. The lowest BCUT2D eigenvalue weighted by Crippen LogP contribution is -2.36. The minimum atomic E-state index is -1.14. The number of carbonyl (C=O) groups excluding carboxylic acids is 2. The van der Waals surface area contributed by atoms with E-state index < -0.39 is 23.4 Å². The molecule has 0 spiro atoms. The van der Waals surface area contributed by atoms with Crippen LogP contribution in [0, 0.1) is 17.5 Å². The van der Waals surface area contributed by atoms with Crippen LogP contribution in [0.5, 0.6) is 11.5 Å². The second-order valence-electron chi connectivity index (χ2n) is 6.29. The highest BCUT2D eigenvalue weighted by atomic mass is 19.2. The van der Waals surface area contributed by atoms with Crippen molar-refractivity contribution in [1.82, 2.24) is 10.6 Å². The molecular weight excluding hydrogens is 397 g/mol. The van der Waals surface area contributed by atoms with Gasteiger partial charge in [0.1, 0.15) is 17.3 Å². The Bertz CT molecular complexity index is 1040. The first-order chi connectivity index (χ1) is 14.4. The van der Waals surface area contributed by atoms with E-state index in [1.54, 1.807) is 24.3 Å². The molecule has 0 atom stereocenters. The number of carbonyl (C=O) groups is 2. The molecular formula is C22H17F3N2O3. The first-order valence-corrected chi connectivity index (χ1v) is 8.93. The monoisotopic (exact) mass is 414 g/mol. The van der Waals surface area contributed by atoms with Gasteiger partial charge in [0.2, 0.25) is 5.91 Å². The molecule has 154 valence electrons. The average molecular weight is 414 g/mol. The zero-order valence-corrected chi connectivity index (χ0v) is 15.6. The molecule has 0 fully saturated rings. The maximum absolute atomic E-state index is 13.2. The van der Waals surface area contributed by atoms with Crippen molar-refractivity contribution < 1.29 is 27.5 Å². The minimum absolute atomic E-state index is 0.0848. The van der Waals surface area contributed by atoms with Crippen LogP contribution in [0.15, 0.2) is 66.7 Å². The van der Waals surface area contributed by atoms with Crippen molar-refractivity contribution in [3.63, 3.8) is 0 Å². The van der Waals surface area contributed by atoms with Crippen LogP contribution in [0.2, 0.25) is 0 Å². The molecule has 8 heteroatoms. The van der Waals surface area contributed by atoms with Crippen LogP contribution < -0.4 is 15.4 Å². The summed E-state index contributed by atoms with van der Waals surface area (Å²) < 4.78 is 44.5. The molecule has 0 unspecified atom stereocenters. The number of rotatable bonds is 7. The molecule has 30 heavy (non-hydrogen) atoms. The van der Waals surface area contributed by atoms with Crippen LogP contribution >= 0.6 is 0 Å². The van der Waals surface area contributed by atoms with Gasteiger partial charge in [-0.05, 0) is 60.2 Å². The summed E-state index contributed by atoms with van der Waals surface area (Å²) in [6.45, 7) is -0.0969. The number of hydrogen-bond donors (Lipinski definition) is 2. The SMILES string of the molecule is O=C(CNC(=O)c1ccc(F)c(F)c1)NCc1ccc(Oc2ccc(F)cc2)cc1. The number of halogens is 3. The van der Waals surface area contributed by atoms with Gasteiger partial charge in [-0.3, -0.25) is 9.59 Å². The lowest BCUT2D eigenvalue weighted by molar-refractivity contribution is -0.120. The number of amides is 2. The van der Waals surface area contributed by atoms with Crippen LogP contribution in [0.1, 0.15) is 15.9 Å². The second kappa shape index (κ2) is 9.60. The van der Waals surface area contributed by atoms with Crippen molar-refractivity contribution in [3.05, 3.63) is 95.3 Å². The Morgan fingerprint density at radius 1 is 0.767 bits per heavy atom. The van der Waals surface area contributed by atoms with E-state index in [2.05, 4.69) is 10.6 Å². The molecule has 2 N–H and O–H groups in total. The quantitative estimate of drug-likeness (QED) is 0.616. The van der Waals surface area contributed by atoms with E-state index in [9.17, 15) is 22.8 Å². The molecule has 3 rings (SSSR count). The highest BCUT2D eigenvalue weighted by molar-refractivity contribution is 5.96. The van der Waals surface area contributed by atoms with Gasteiger partial charge in [-0.1, -0.05) is 12.1 Å². The van der Waals surface area contributed by atoms with Gasteiger partial charge >= 0.3 is 0 Å². The molecule has 3 aromatic carbocycles. The largest absolute Gasteiger partial charge is 0.457 e. The molecule has 2 amide bonds. The first kappa shape index (κ1) is 20.9. The molecule has 0 saturated carbocycles. The summed E-state index contributed by atoms with van der Waals surface area (Å²) in [5, 5.41) is 4.97. The average Bonchev–Trinajstić information content (AvgIpc) is 2.75. The van der Waals surface area contributed by atoms with E-state index in [-0.39, 0.29) is 24.5 Å². The molecule has 0 aromatic heterocycles. The van der Waals surface area contributed by atoms with Gasteiger partial charge in [0.25, 0.3) is 5.91 Å². The fraction of sp³-hybridized carbons (Fsp3) is 0.0909. The summed E-state index contributed by atoms with van der Waals surface area (Å²) >= 11 is 0. The van der Waals surface area contributed by atoms with E-state index in [1.165, 1.54) is 24.3 Å². The van der Waals surface area contributed by atoms with Crippen LogP contribution in [0.4, 0.5) is 13.2 Å². The zero-order chi connectivity index (χ0) is 21.5. The van der Waals surface area contributed by atoms with E-state index in [0.29, 0.717) is 11.5 Å². The van der Waals surface area contributed by atoms with Crippen molar-refractivity contribution in [1.29, 1.82) is 0 Å². The lowest BCUT2D eigenvalue weighted by atomic mass is 10.2. The summed E-state index contributed by atoms with van der Waals surface area (Å²) in [7, 11) is 0. The zero-order valence-electron chi connectivity index (χ0n) is 15.6. The number of nitrogens with one attached hydrogen (secondary N) is 2. The van der Waals surface area contributed by atoms with Crippen molar-refractivity contribution in [2.75, 3.05) is 6.54 Å². The van der Waals surface area contributed by atoms with E-state index >= 15 is 0 Å². The summed E-state index contributed by atoms with van der Waals surface area (Å²) in [5.74, 6) is -2.64. The van der Waals surface area contributed by atoms with Crippen LogP contribution in [0.3, 0.4) is 0 Å². The van der Waals surface area contributed by atoms with Gasteiger partial charge < -0.3 is 15.4 Å². The molecule has 3 aromatic rings. The first-order valence-electron chi connectivity index (χ1n) is 8.93. The lowest BCUT2D eigenvalue weighted by Gasteiger charge is -2.09. The molecule has 5 nitrogen and oxygen atoms in total. The van der Waals surface area contributed by atoms with Gasteiger partial charge in [-0.15, -0.1) is 0 Å². The van der Waals surface area contributed by atoms with E-state index in [4.69, 9.17) is 4.74 Å². The van der Waals surface area contributed by atoms with Gasteiger partial charge in [0, 0.05) is 12.1 Å². The summed E-state index contributed by atoms with van der Waals surface area (Å²) in [5.41, 5.74) is 0.709. The van der Waals surface area contributed by atoms with Crippen LogP contribution in [0.25, 0.3) is 0 Å². The Labute approximate surface area is 170 Å². The molecule has 0 aliphatic carbocycles. The third-order valence-electron chi connectivity index (χ3n) is 4.05. The number of ether oxygens (including phenoxy) is 1. The van der Waals surface area contributed by atoms with Crippen molar-refractivity contribution in [3.8, 4) is 11.5 Å². The van der Waals surface area contributed by atoms with Crippen molar-refractivity contribution in [2.45, 2.75) is 6.54 Å². The fourth-order valence-corrected chi connectivity index (χ4v) is 2.48. The number of benzene rings is 3. The Morgan fingerprint density at radius 2 is 1.40 bits per heavy atom.